The van der Waals surface area contributed by atoms with Gasteiger partial charge in [-0.2, -0.15) is 0 Å². The van der Waals surface area contributed by atoms with Gasteiger partial charge in [0.2, 0.25) is 0 Å². The minimum absolute atomic E-state index is 0.346. The van der Waals surface area contributed by atoms with Crippen LogP contribution in [0.3, 0.4) is 0 Å². The quantitative estimate of drug-likeness (QED) is 0.924. The lowest BCUT2D eigenvalue weighted by atomic mass is 10.2. The molecule has 2 heterocycles. The van der Waals surface area contributed by atoms with Gasteiger partial charge in [0, 0.05) is 36.0 Å². The molecular weight excluding hydrogens is 292 g/mol. The van der Waals surface area contributed by atoms with Crippen LogP contribution in [0.5, 0.6) is 0 Å². The molecule has 1 fully saturated rings. The minimum Gasteiger partial charge on any atom is -0.459 e. The summed E-state index contributed by atoms with van der Waals surface area (Å²) in [6, 6.07) is 8.65. The van der Waals surface area contributed by atoms with Crippen LogP contribution in [0.2, 0.25) is 0 Å². The lowest BCUT2D eigenvalue weighted by molar-refractivity contribution is 0.168. The molecule has 96 valence electrons. The van der Waals surface area contributed by atoms with Crippen molar-refractivity contribution in [2.24, 2.45) is 0 Å². The second-order valence-corrected chi connectivity index (χ2v) is 5.71. The predicted octanol–water partition coefficient (Wildman–Crippen LogP) is 3.16. The number of hydrogen-bond acceptors (Lipinski definition) is 3. The van der Waals surface area contributed by atoms with Crippen LogP contribution in [0.1, 0.15) is 18.7 Å². The topological polar surface area (TPSA) is 28.4 Å². The number of fused-ring (bicyclic) bond motifs is 1. The van der Waals surface area contributed by atoms with E-state index in [9.17, 15) is 0 Å². The van der Waals surface area contributed by atoms with Crippen LogP contribution in [0.15, 0.2) is 33.2 Å². The number of piperazine rings is 1. The third-order valence-electron chi connectivity index (χ3n) is 3.61. The van der Waals surface area contributed by atoms with Crippen molar-refractivity contribution in [1.29, 1.82) is 0 Å². The van der Waals surface area contributed by atoms with Crippen molar-refractivity contribution in [3.8, 4) is 0 Å². The highest BCUT2D eigenvalue weighted by atomic mass is 79.9. The van der Waals surface area contributed by atoms with Crippen LogP contribution >= 0.6 is 15.9 Å². The monoisotopic (exact) mass is 308 g/mol. The first kappa shape index (κ1) is 12.2. The fraction of sp³-hybridized carbons (Fsp3) is 0.429. The number of hydrogen-bond donors (Lipinski definition) is 1. The summed E-state index contributed by atoms with van der Waals surface area (Å²) in [4.78, 5) is 2.46. The molecule has 0 bridgehead atoms. The standard InChI is InChI=1S/C14H17BrN2O/c1-10(17-6-4-16-5-7-17)14-9-11-8-12(15)2-3-13(11)18-14/h2-3,8-10,16H,4-7H2,1H3. The number of benzene rings is 1. The molecule has 4 heteroatoms. The molecule has 3 rings (SSSR count). The van der Waals surface area contributed by atoms with Gasteiger partial charge < -0.3 is 9.73 Å². The van der Waals surface area contributed by atoms with E-state index in [1.165, 1.54) is 5.39 Å². The van der Waals surface area contributed by atoms with E-state index in [1.54, 1.807) is 0 Å². The number of furan rings is 1. The van der Waals surface area contributed by atoms with E-state index in [0.717, 1.165) is 42.0 Å². The third-order valence-corrected chi connectivity index (χ3v) is 4.10. The smallest absolute Gasteiger partial charge is 0.134 e. The van der Waals surface area contributed by atoms with Crippen molar-refractivity contribution in [2.75, 3.05) is 26.2 Å². The second-order valence-electron chi connectivity index (χ2n) is 4.79. The molecule has 1 N–H and O–H groups in total. The van der Waals surface area contributed by atoms with Gasteiger partial charge in [-0.15, -0.1) is 0 Å². The zero-order valence-electron chi connectivity index (χ0n) is 10.4. The molecule has 0 radical (unpaired) electrons. The van der Waals surface area contributed by atoms with Crippen LogP contribution < -0.4 is 5.32 Å². The van der Waals surface area contributed by atoms with Gasteiger partial charge in [0.05, 0.1) is 6.04 Å². The van der Waals surface area contributed by atoms with E-state index >= 15 is 0 Å². The molecular formula is C14H17BrN2O. The van der Waals surface area contributed by atoms with Gasteiger partial charge in [0.15, 0.2) is 0 Å². The number of rotatable bonds is 2. The van der Waals surface area contributed by atoms with E-state index < -0.39 is 0 Å². The van der Waals surface area contributed by atoms with Crippen LogP contribution in [-0.2, 0) is 0 Å². The Balaban J connectivity index is 1.88. The lowest BCUT2D eigenvalue weighted by Crippen LogP contribution is -2.44. The molecule has 1 unspecified atom stereocenters. The zero-order chi connectivity index (χ0) is 12.5. The molecule has 3 nitrogen and oxygen atoms in total. The summed E-state index contributed by atoms with van der Waals surface area (Å²) < 4.78 is 7.05. The molecule has 1 saturated heterocycles. The summed E-state index contributed by atoms with van der Waals surface area (Å²) in [5, 5.41) is 4.54. The van der Waals surface area contributed by atoms with Crippen LogP contribution in [0.4, 0.5) is 0 Å². The highest BCUT2D eigenvalue weighted by Gasteiger charge is 2.20. The normalized spacial score (nSPS) is 19.2. The SMILES string of the molecule is CC(c1cc2cc(Br)ccc2o1)N1CCNCC1. The molecule has 1 atom stereocenters. The molecule has 0 saturated carbocycles. The van der Waals surface area contributed by atoms with Crippen LogP contribution in [0, 0.1) is 0 Å². The molecule has 0 aliphatic carbocycles. The fourth-order valence-electron chi connectivity index (χ4n) is 2.49. The highest BCUT2D eigenvalue weighted by Crippen LogP contribution is 2.29. The van der Waals surface area contributed by atoms with Gasteiger partial charge in [-0.3, -0.25) is 4.90 Å². The van der Waals surface area contributed by atoms with Crippen molar-refractivity contribution in [3.05, 3.63) is 34.5 Å². The Morgan fingerprint density at radius 1 is 1.28 bits per heavy atom. The number of nitrogens with one attached hydrogen (secondary N) is 1. The summed E-state index contributed by atoms with van der Waals surface area (Å²) in [5.74, 6) is 1.06. The van der Waals surface area contributed by atoms with Crippen molar-refractivity contribution >= 4 is 26.9 Å². The summed E-state index contributed by atoms with van der Waals surface area (Å²) in [5.41, 5.74) is 0.968. The molecule has 1 aliphatic rings. The Morgan fingerprint density at radius 3 is 2.83 bits per heavy atom. The maximum Gasteiger partial charge on any atom is 0.134 e. The van der Waals surface area contributed by atoms with E-state index in [4.69, 9.17) is 4.42 Å². The molecule has 1 aromatic carbocycles. The summed E-state index contributed by atoms with van der Waals surface area (Å²) in [6.45, 7) is 6.52. The second kappa shape index (κ2) is 5.03. The molecule has 0 amide bonds. The van der Waals surface area contributed by atoms with Gasteiger partial charge in [0.1, 0.15) is 11.3 Å². The lowest BCUT2D eigenvalue weighted by Gasteiger charge is -2.31. The molecule has 1 aliphatic heterocycles. The average molecular weight is 309 g/mol. The Bertz CT molecular complexity index is 546. The van der Waals surface area contributed by atoms with E-state index in [0.29, 0.717) is 6.04 Å². The first-order valence-electron chi connectivity index (χ1n) is 6.38. The minimum atomic E-state index is 0.346. The van der Waals surface area contributed by atoms with Gasteiger partial charge in [-0.25, -0.2) is 0 Å². The van der Waals surface area contributed by atoms with Gasteiger partial charge >= 0.3 is 0 Å². The Morgan fingerprint density at radius 2 is 2.06 bits per heavy atom. The predicted molar refractivity (Wildman–Crippen MR) is 76.8 cm³/mol. The summed E-state index contributed by atoms with van der Waals surface area (Å²) >= 11 is 3.49. The Labute approximate surface area is 115 Å². The largest absolute Gasteiger partial charge is 0.459 e. The fourth-order valence-corrected chi connectivity index (χ4v) is 2.87. The highest BCUT2D eigenvalue weighted by molar-refractivity contribution is 9.10. The van der Waals surface area contributed by atoms with Crippen molar-refractivity contribution in [3.63, 3.8) is 0 Å². The summed E-state index contributed by atoms with van der Waals surface area (Å²) in [6.07, 6.45) is 0. The first-order chi connectivity index (χ1) is 8.74. The van der Waals surface area contributed by atoms with Gasteiger partial charge in [-0.05, 0) is 31.2 Å². The zero-order valence-corrected chi connectivity index (χ0v) is 12.0. The van der Waals surface area contributed by atoms with Crippen LogP contribution in [-0.4, -0.2) is 31.1 Å². The first-order valence-corrected chi connectivity index (χ1v) is 7.17. The number of halogens is 1. The van der Waals surface area contributed by atoms with Crippen molar-refractivity contribution < 1.29 is 4.42 Å². The van der Waals surface area contributed by atoms with Crippen molar-refractivity contribution in [1.82, 2.24) is 10.2 Å². The molecule has 0 spiro atoms. The third kappa shape index (κ3) is 2.32. The molecule has 18 heavy (non-hydrogen) atoms. The summed E-state index contributed by atoms with van der Waals surface area (Å²) in [7, 11) is 0. The molecule has 2 aromatic rings. The molecule has 1 aromatic heterocycles. The Hall–Kier alpha value is -0.840. The van der Waals surface area contributed by atoms with E-state index in [-0.39, 0.29) is 0 Å². The maximum absolute atomic E-state index is 5.96. The van der Waals surface area contributed by atoms with Crippen molar-refractivity contribution in [2.45, 2.75) is 13.0 Å². The van der Waals surface area contributed by atoms with Crippen LogP contribution in [0.25, 0.3) is 11.0 Å². The maximum atomic E-state index is 5.96. The number of nitrogens with zero attached hydrogens (tertiary/aromatic N) is 1. The van der Waals surface area contributed by atoms with E-state index in [2.05, 4.69) is 45.2 Å². The van der Waals surface area contributed by atoms with Gasteiger partial charge in [0.25, 0.3) is 0 Å². The Kier molecular flexibility index (Phi) is 3.41. The van der Waals surface area contributed by atoms with Gasteiger partial charge in [-0.1, -0.05) is 15.9 Å². The van der Waals surface area contributed by atoms with E-state index in [1.807, 2.05) is 12.1 Å². The average Bonchev–Trinajstić information content (AvgIpc) is 2.81.